The summed E-state index contributed by atoms with van der Waals surface area (Å²) in [6.45, 7) is 1.63. The number of benzene rings is 1. The lowest BCUT2D eigenvalue weighted by Crippen LogP contribution is -2.34. The molecule has 1 saturated heterocycles. The molecule has 2 rings (SSSR count). The zero-order valence-corrected chi connectivity index (χ0v) is 9.36. The lowest BCUT2D eigenvalue weighted by Gasteiger charge is -2.24. The van der Waals surface area contributed by atoms with Crippen molar-refractivity contribution >= 4 is 0 Å². The van der Waals surface area contributed by atoms with Crippen molar-refractivity contribution in [2.24, 2.45) is 0 Å². The number of nitrogens with one attached hydrogen (secondary N) is 1. The molecule has 0 spiro atoms. The number of ether oxygens (including phenoxy) is 2. The molecule has 0 radical (unpaired) electrons. The first kappa shape index (κ1) is 12.3. The van der Waals surface area contributed by atoms with Crippen LogP contribution in [0.15, 0.2) is 24.3 Å². The summed E-state index contributed by atoms with van der Waals surface area (Å²) in [4.78, 5) is 0. The number of hydrogen-bond donors (Lipinski definition) is 1. The SMILES string of the molecule is FC(F)COc1ccc(C2COCCN2)cc1. The van der Waals surface area contributed by atoms with Crippen LogP contribution in [0.1, 0.15) is 11.6 Å². The fourth-order valence-corrected chi connectivity index (χ4v) is 1.74. The molecule has 3 nitrogen and oxygen atoms in total. The maximum atomic E-state index is 11.9. The first-order valence-corrected chi connectivity index (χ1v) is 5.58. The summed E-state index contributed by atoms with van der Waals surface area (Å²) >= 11 is 0. The van der Waals surface area contributed by atoms with Crippen molar-refractivity contribution in [1.29, 1.82) is 0 Å². The summed E-state index contributed by atoms with van der Waals surface area (Å²) in [7, 11) is 0. The Morgan fingerprint density at radius 2 is 2.12 bits per heavy atom. The number of halogens is 2. The largest absolute Gasteiger partial charge is 0.488 e. The van der Waals surface area contributed by atoms with Gasteiger partial charge in [-0.3, -0.25) is 0 Å². The Morgan fingerprint density at radius 3 is 2.71 bits per heavy atom. The lowest BCUT2D eigenvalue weighted by molar-refractivity contribution is 0.0766. The molecule has 1 heterocycles. The van der Waals surface area contributed by atoms with Crippen LogP contribution in [-0.4, -0.2) is 32.8 Å². The summed E-state index contributed by atoms with van der Waals surface area (Å²) < 4.78 is 34.1. The van der Waals surface area contributed by atoms with Crippen LogP contribution in [-0.2, 0) is 4.74 Å². The van der Waals surface area contributed by atoms with Crippen molar-refractivity contribution in [3.8, 4) is 5.75 Å². The maximum absolute atomic E-state index is 11.9. The second-order valence-corrected chi connectivity index (χ2v) is 3.85. The Labute approximate surface area is 98.7 Å². The van der Waals surface area contributed by atoms with Gasteiger partial charge in [-0.25, -0.2) is 8.78 Å². The molecule has 1 fully saturated rings. The third-order valence-corrected chi connectivity index (χ3v) is 2.58. The minimum atomic E-state index is -2.44. The van der Waals surface area contributed by atoms with E-state index < -0.39 is 13.0 Å². The van der Waals surface area contributed by atoms with Crippen LogP contribution in [0.5, 0.6) is 5.75 Å². The molecule has 0 aliphatic carbocycles. The van der Waals surface area contributed by atoms with Crippen molar-refractivity contribution in [3.05, 3.63) is 29.8 Å². The van der Waals surface area contributed by atoms with E-state index in [0.717, 1.165) is 18.7 Å². The monoisotopic (exact) mass is 243 g/mol. The third-order valence-electron chi connectivity index (χ3n) is 2.58. The van der Waals surface area contributed by atoms with Crippen LogP contribution in [0.2, 0.25) is 0 Å². The van der Waals surface area contributed by atoms with Crippen molar-refractivity contribution in [3.63, 3.8) is 0 Å². The molecule has 94 valence electrons. The topological polar surface area (TPSA) is 30.5 Å². The van der Waals surface area contributed by atoms with Gasteiger partial charge in [-0.1, -0.05) is 12.1 Å². The van der Waals surface area contributed by atoms with Gasteiger partial charge >= 0.3 is 0 Å². The van der Waals surface area contributed by atoms with Crippen LogP contribution < -0.4 is 10.1 Å². The maximum Gasteiger partial charge on any atom is 0.272 e. The molecule has 0 aromatic heterocycles. The van der Waals surface area contributed by atoms with Crippen LogP contribution in [0.3, 0.4) is 0 Å². The van der Waals surface area contributed by atoms with Gasteiger partial charge in [0.15, 0.2) is 0 Å². The molecule has 1 unspecified atom stereocenters. The van der Waals surface area contributed by atoms with E-state index in [0.29, 0.717) is 12.4 Å². The second-order valence-electron chi connectivity index (χ2n) is 3.85. The van der Waals surface area contributed by atoms with Crippen molar-refractivity contribution in [2.75, 3.05) is 26.4 Å². The van der Waals surface area contributed by atoms with Crippen LogP contribution >= 0.6 is 0 Å². The van der Waals surface area contributed by atoms with Gasteiger partial charge in [-0.05, 0) is 17.7 Å². The van der Waals surface area contributed by atoms with Gasteiger partial charge in [0.05, 0.1) is 19.3 Å². The molecule has 1 aromatic carbocycles. The summed E-state index contributed by atoms with van der Waals surface area (Å²) in [6, 6.07) is 7.32. The average Bonchev–Trinajstić information content (AvgIpc) is 2.38. The van der Waals surface area contributed by atoms with Gasteiger partial charge in [-0.15, -0.1) is 0 Å². The van der Waals surface area contributed by atoms with Gasteiger partial charge in [0.2, 0.25) is 0 Å². The predicted octanol–water partition coefficient (Wildman–Crippen LogP) is 1.99. The first-order valence-electron chi connectivity index (χ1n) is 5.58. The molecule has 1 atom stereocenters. The number of alkyl halides is 2. The second kappa shape index (κ2) is 5.93. The van der Waals surface area contributed by atoms with E-state index in [9.17, 15) is 8.78 Å². The van der Waals surface area contributed by atoms with E-state index >= 15 is 0 Å². The third kappa shape index (κ3) is 3.64. The quantitative estimate of drug-likeness (QED) is 0.877. The molecule has 1 aliphatic rings. The summed E-state index contributed by atoms with van der Waals surface area (Å²) in [5.74, 6) is 0.464. The Balaban J connectivity index is 1.92. The van der Waals surface area contributed by atoms with Crippen LogP contribution in [0.25, 0.3) is 0 Å². The molecule has 5 heteroatoms. The van der Waals surface area contributed by atoms with E-state index in [1.54, 1.807) is 12.1 Å². The van der Waals surface area contributed by atoms with E-state index in [4.69, 9.17) is 9.47 Å². The molecule has 0 saturated carbocycles. The van der Waals surface area contributed by atoms with Gasteiger partial charge in [-0.2, -0.15) is 0 Å². The zero-order valence-electron chi connectivity index (χ0n) is 9.36. The lowest BCUT2D eigenvalue weighted by atomic mass is 10.1. The Kier molecular flexibility index (Phi) is 4.28. The number of morpholine rings is 1. The Morgan fingerprint density at radius 1 is 1.35 bits per heavy atom. The van der Waals surface area contributed by atoms with Gasteiger partial charge in [0, 0.05) is 6.54 Å². The first-order chi connectivity index (χ1) is 8.25. The van der Waals surface area contributed by atoms with Gasteiger partial charge < -0.3 is 14.8 Å². The Hall–Kier alpha value is -1.20. The highest BCUT2D eigenvalue weighted by atomic mass is 19.3. The average molecular weight is 243 g/mol. The summed E-state index contributed by atoms with van der Waals surface area (Å²) in [6.07, 6.45) is -2.44. The molecular formula is C12H15F2NO2. The summed E-state index contributed by atoms with van der Waals surface area (Å²) in [5.41, 5.74) is 1.08. The smallest absolute Gasteiger partial charge is 0.272 e. The highest BCUT2D eigenvalue weighted by molar-refractivity contribution is 5.29. The standard InChI is InChI=1S/C12H15F2NO2/c13-12(14)8-17-10-3-1-9(2-4-10)11-7-16-6-5-15-11/h1-4,11-12,15H,5-8H2. The normalized spacial score (nSPS) is 20.5. The molecule has 17 heavy (non-hydrogen) atoms. The van der Waals surface area contributed by atoms with Crippen molar-refractivity contribution in [1.82, 2.24) is 5.32 Å². The van der Waals surface area contributed by atoms with Gasteiger partial charge in [0.1, 0.15) is 12.4 Å². The molecule has 1 aliphatic heterocycles. The highest BCUT2D eigenvalue weighted by Crippen LogP contribution is 2.19. The van der Waals surface area contributed by atoms with E-state index in [2.05, 4.69) is 5.32 Å². The molecule has 0 bridgehead atoms. The van der Waals surface area contributed by atoms with Crippen LogP contribution in [0.4, 0.5) is 8.78 Å². The molecule has 0 amide bonds. The zero-order chi connectivity index (χ0) is 12.1. The minimum absolute atomic E-state index is 0.174. The number of hydrogen-bond acceptors (Lipinski definition) is 3. The van der Waals surface area contributed by atoms with Crippen molar-refractivity contribution < 1.29 is 18.3 Å². The predicted molar refractivity (Wildman–Crippen MR) is 59.5 cm³/mol. The molecule has 1 N–H and O–H groups in total. The highest BCUT2D eigenvalue weighted by Gasteiger charge is 2.14. The Bertz CT molecular complexity index is 337. The fourth-order valence-electron chi connectivity index (χ4n) is 1.74. The minimum Gasteiger partial charge on any atom is -0.488 e. The van der Waals surface area contributed by atoms with Crippen molar-refractivity contribution in [2.45, 2.75) is 12.5 Å². The van der Waals surface area contributed by atoms with Crippen LogP contribution in [0, 0.1) is 0 Å². The van der Waals surface area contributed by atoms with E-state index in [1.807, 2.05) is 12.1 Å². The van der Waals surface area contributed by atoms with E-state index in [-0.39, 0.29) is 6.04 Å². The fraction of sp³-hybridized carbons (Fsp3) is 0.500. The summed E-state index contributed by atoms with van der Waals surface area (Å²) in [5, 5.41) is 3.32. The number of rotatable bonds is 4. The molecular weight excluding hydrogens is 228 g/mol. The van der Waals surface area contributed by atoms with E-state index in [1.165, 1.54) is 0 Å². The molecule has 1 aromatic rings. The van der Waals surface area contributed by atoms with Gasteiger partial charge in [0.25, 0.3) is 6.43 Å².